The van der Waals surface area contributed by atoms with Crippen molar-refractivity contribution in [2.45, 2.75) is 19.2 Å². The van der Waals surface area contributed by atoms with Crippen molar-refractivity contribution in [3.05, 3.63) is 82.5 Å². The lowest BCUT2D eigenvalue weighted by molar-refractivity contribution is 0.0472. The second-order valence-corrected chi connectivity index (χ2v) is 5.75. The number of carbonyl (C=O) groups is 1. The van der Waals surface area contributed by atoms with Gasteiger partial charge in [0.05, 0.1) is 24.8 Å². The van der Waals surface area contributed by atoms with E-state index >= 15 is 0 Å². The maximum absolute atomic E-state index is 12.1. The Hall–Kier alpha value is -3.91. The molecule has 1 unspecified atom stereocenters. The van der Waals surface area contributed by atoms with Crippen molar-refractivity contribution >= 4 is 5.97 Å². The molecule has 0 radical (unpaired) electrons. The van der Waals surface area contributed by atoms with E-state index in [9.17, 15) is 4.79 Å². The third-order valence-electron chi connectivity index (χ3n) is 3.73. The van der Waals surface area contributed by atoms with Crippen molar-refractivity contribution in [3.8, 4) is 5.75 Å². The van der Waals surface area contributed by atoms with Gasteiger partial charge in [0.2, 0.25) is 0 Å². The molecule has 28 heavy (non-hydrogen) atoms. The minimum absolute atomic E-state index is 0.128. The topological polar surface area (TPSA) is 128 Å². The van der Waals surface area contributed by atoms with E-state index in [0.717, 1.165) is 5.56 Å². The standard InChI is InChI=1S/C18H17N7O3/c19-23-22-16(10-25-21-13-20-24-25)12-27-17-8-6-15(7-9-17)18(26)28-11-14-4-2-1-3-5-14/h1-9,13,16H,10-12H2. The number of azide groups is 1. The fourth-order valence-electron chi connectivity index (χ4n) is 2.34. The smallest absolute Gasteiger partial charge is 0.338 e. The Bertz CT molecular complexity index is 924. The Morgan fingerprint density at radius 1 is 1.18 bits per heavy atom. The molecule has 0 spiro atoms. The van der Waals surface area contributed by atoms with Crippen LogP contribution in [-0.4, -0.2) is 38.8 Å². The van der Waals surface area contributed by atoms with Crippen LogP contribution in [0.15, 0.2) is 66.0 Å². The van der Waals surface area contributed by atoms with Crippen LogP contribution in [0.25, 0.3) is 10.4 Å². The van der Waals surface area contributed by atoms with E-state index in [1.54, 1.807) is 24.3 Å². The molecule has 10 heteroatoms. The minimum atomic E-state index is -0.505. The summed E-state index contributed by atoms with van der Waals surface area (Å²) in [5, 5.41) is 14.9. The van der Waals surface area contributed by atoms with E-state index in [1.807, 2.05) is 30.3 Å². The fourth-order valence-corrected chi connectivity index (χ4v) is 2.34. The minimum Gasteiger partial charge on any atom is -0.493 e. The number of hydrogen-bond acceptors (Lipinski definition) is 7. The molecule has 0 saturated carbocycles. The summed E-state index contributed by atoms with van der Waals surface area (Å²) in [4.78, 5) is 16.2. The van der Waals surface area contributed by atoms with Gasteiger partial charge in [0.15, 0.2) is 6.33 Å². The Morgan fingerprint density at radius 2 is 1.96 bits per heavy atom. The van der Waals surface area contributed by atoms with Gasteiger partial charge in [0, 0.05) is 4.91 Å². The molecule has 0 saturated heterocycles. The summed E-state index contributed by atoms with van der Waals surface area (Å²) in [6.07, 6.45) is 1.30. The molecule has 1 heterocycles. The number of nitrogens with zero attached hydrogens (tertiary/aromatic N) is 7. The van der Waals surface area contributed by atoms with Gasteiger partial charge in [-0.05, 0) is 40.6 Å². The van der Waals surface area contributed by atoms with Gasteiger partial charge in [-0.1, -0.05) is 35.4 Å². The summed E-state index contributed by atoms with van der Waals surface area (Å²) >= 11 is 0. The quantitative estimate of drug-likeness (QED) is 0.243. The molecule has 2 aromatic carbocycles. The normalized spacial score (nSPS) is 11.3. The average molecular weight is 379 g/mol. The van der Waals surface area contributed by atoms with Crippen molar-refractivity contribution in [1.29, 1.82) is 0 Å². The Morgan fingerprint density at radius 3 is 2.64 bits per heavy atom. The van der Waals surface area contributed by atoms with Crippen molar-refractivity contribution in [2.24, 2.45) is 5.11 Å². The van der Waals surface area contributed by atoms with Crippen LogP contribution in [0.3, 0.4) is 0 Å². The summed E-state index contributed by atoms with van der Waals surface area (Å²) in [5.41, 5.74) is 10.0. The number of carbonyl (C=O) groups excluding carboxylic acids is 1. The average Bonchev–Trinajstić information content (AvgIpc) is 3.25. The number of esters is 1. The van der Waals surface area contributed by atoms with Gasteiger partial charge in [-0.2, -0.15) is 4.80 Å². The molecule has 0 aliphatic carbocycles. The van der Waals surface area contributed by atoms with Crippen molar-refractivity contribution in [3.63, 3.8) is 0 Å². The first-order chi connectivity index (χ1) is 13.7. The molecule has 0 bridgehead atoms. The van der Waals surface area contributed by atoms with Gasteiger partial charge >= 0.3 is 5.97 Å². The maximum Gasteiger partial charge on any atom is 0.338 e. The lowest BCUT2D eigenvalue weighted by atomic mass is 10.2. The van der Waals surface area contributed by atoms with Crippen LogP contribution in [0.5, 0.6) is 5.75 Å². The molecular weight excluding hydrogens is 362 g/mol. The van der Waals surface area contributed by atoms with Gasteiger partial charge in [0.1, 0.15) is 12.4 Å². The molecule has 0 fully saturated rings. The molecular formula is C18H17N7O3. The highest BCUT2D eigenvalue weighted by molar-refractivity contribution is 5.89. The molecule has 0 amide bonds. The van der Waals surface area contributed by atoms with Crippen LogP contribution in [0.1, 0.15) is 15.9 Å². The number of benzene rings is 2. The van der Waals surface area contributed by atoms with Crippen LogP contribution in [0, 0.1) is 0 Å². The highest BCUT2D eigenvalue weighted by Crippen LogP contribution is 2.14. The molecule has 0 N–H and O–H groups in total. The summed E-state index contributed by atoms with van der Waals surface area (Å²) in [6.45, 7) is 0.583. The first kappa shape index (κ1) is 18.9. The maximum atomic E-state index is 12.1. The lowest BCUT2D eigenvalue weighted by Crippen LogP contribution is -2.23. The molecule has 1 atom stereocenters. The Labute approximate surface area is 160 Å². The largest absolute Gasteiger partial charge is 0.493 e. The predicted octanol–water partition coefficient (Wildman–Crippen LogP) is 2.79. The highest BCUT2D eigenvalue weighted by atomic mass is 16.5. The van der Waals surface area contributed by atoms with Crippen LogP contribution < -0.4 is 4.74 Å². The molecule has 3 aromatic rings. The second-order valence-electron chi connectivity index (χ2n) is 5.75. The monoisotopic (exact) mass is 379 g/mol. The van der Waals surface area contributed by atoms with Crippen LogP contribution >= 0.6 is 0 Å². The van der Waals surface area contributed by atoms with Gasteiger partial charge in [-0.25, -0.2) is 4.79 Å². The number of tetrazole rings is 1. The Balaban J connectivity index is 1.51. The van der Waals surface area contributed by atoms with Crippen molar-refractivity contribution in [2.75, 3.05) is 6.61 Å². The van der Waals surface area contributed by atoms with E-state index in [0.29, 0.717) is 11.3 Å². The fraction of sp³-hybridized carbons (Fsp3) is 0.222. The molecule has 0 aliphatic heterocycles. The van der Waals surface area contributed by atoms with Gasteiger partial charge in [-0.15, -0.1) is 10.2 Å². The zero-order valence-corrected chi connectivity index (χ0v) is 14.8. The summed E-state index contributed by atoms with van der Waals surface area (Å²) in [6, 6.07) is 15.5. The summed E-state index contributed by atoms with van der Waals surface area (Å²) in [7, 11) is 0. The van der Waals surface area contributed by atoms with Crippen LogP contribution in [0.4, 0.5) is 0 Å². The van der Waals surface area contributed by atoms with Crippen LogP contribution in [-0.2, 0) is 17.9 Å². The first-order valence-corrected chi connectivity index (χ1v) is 8.43. The van der Waals surface area contributed by atoms with Gasteiger partial charge in [0.25, 0.3) is 0 Å². The summed E-state index contributed by atoms with van der Waals surface area (Å²) in [5.74, 6) is 0.115. The van der Waals surface area contributed by atoms with E-state index in [-0.39, 0.29) is 19.8 Å². The molecule has 1 aromatic heterocycles. The van der Waals surface area contributed by atoms with Gasteiger partial charge in [-0.3, -0.25) is 0 Å². The highest BCUT2D eigenvalue weighted by Gasteiger charge is 2.11. The van der Waals surface area contributed by atoms with Crippen molar-refractivity contribution < 1.29 is 14.3 Å². The number of hydrogen-bond donors (Lipinski definition) is 0. The van der Waals surface area contributed by atoms with E-state index in [2.05, 4.69) is 25.4 Å². The van der Waals surface area contributed by atoms with Crippen LogP contribution in [0.2, 0.25) is 0 Å². The third-order valence-corrected chi connectivity index (χ3v) is 3.73. The van der Waals surface area contributed by atoms with Gasteiger partial charge < -0.3 is 9.47 Å². The van der Waals surface area contributed by atoms with E-state index in [1.165, 1.54) is 11.1 Å². The summed E-state index contributed by atoms with van der Waals surface area (Å²) < 4.78 is 10.9. The Kier molecular flexibility index (Phi) is 6.53. The number of ether oxygens (including phenoxy) is 2. The van der Waals surface area contributed by atoms with E-state index in [4.69, 9.17) is 15.0 Å². The molecule has 142 valence electrons. The van der Waals surface area contributed by atoms with E-state index < -0.39 is 12.0 Å². The zero-order chi connectivity index (χ0) is 19.6. The number of rotatable bonds is 9. The third kappa shape index (κ3) is 5.55. The first-order valence-electron chi connectivity index (χ1n) is 8.43. The molecule has 0 aliphatic rings. The predicted molar refractivity (Wildman–Crippen MR) is 98.2 cm³/mol. The zero-order valence-electron chi connectivity index (χ0n) is 14.8. The molecule has 3 rings (SSSR count). The second kappa shape index (κ2) is 9.70. The lowest BCUT2D eigenvalue weighted by Gasteiger charge is -2.12. The number of aromatic nitrogens is 4. The molecule has 10 nitrogen and oxygen atoms in total. The SMILES string of the molecule is [N-]=[N+]=NC(COc1ccc(C(=O)OCc2ccccc2)cc1)Cn1ncnn1. The van der Waals surface area contributed by atoms with Crippen molar-refractivity contribution in [1.82, 2.24) is 20.2 Å².